The number of rotatable bonds is 5. The summed E-state index contributed by atoms with van der Waals surface area (Å²) in [7, 11) is 0. The van der Waals surface area contributed by atoms with Crippen molar-refractivity contribution in [2.24, 2.45) is 0 Å². The fraction of sp³-hybridized carbons (Fsp3) is 0.417. The number of nitrogens with zero attached hydrogens (tertiary/aromatic N) is 1. The third kappa shape index (κ3) is 3.70. The Labute approximate surface area is 110 Å². The number of amides is 1. The summed E-state index contributed by atoms with van der Waals surface area (Å²) in [5, 5.41) is 13.6. The van der Waals surface area contributed by atoms with Crippen molar-refractivity contribution in [2.45, 2.75) is 32.7 Å². The Morgan fingerprint density at radius 2 is 2.22 bits per heavy atom. The lowest BCUT2D eigenvalue weighted by atomic mass is 10.1. The zero-order valence-corrected chi connectivity index (χ0v) is 11.0. The lowest BCUT2D eigenvalue weighted by molar-refractivity contribution is -0.384. The minimum Gasteiger partial charge on any atom is -0.350 e. The van der Waals surface area contributed by atoms with Crippen molar-refractivity contribution in [1.29, 1.82) is 0 Å². The van der Waals surface area contributed by atoms with Gasteiger partial charge < -0.3 is 5.32 Å². The van der Waals surface area contributed by atoms with Crippen LogP contribution in [0.5, 0.6) is 0 Å². The van der Waals surface area contributed by atoms with Crippen molar-refractivity contribution >= 4 is 23.2 Å². The number of halogens is 1. The van der Waals surface area contributed by atoms with E-state index in [9.17, 15) is 14.9 Å². The van der Waals surface area contributed by atoms with E-state index in [1.54, 1.807) is 0 Å². The third-order valence-corrected chi connectivity index (χ3v) is 2.83. The molecule has 5 nitrogen and oxygen atoms in total. The van der Waals surface area contributed by atoms with Gasteiger partial charge in [0.1, 0.15) is 0 Å². The maximum atomic E-state index is 11.9. The van der Waals surface area contributed by atoms with Crippen LogP contribution in [0.3, 0.4) is 0 Å². The molecule has 0 aliphatic rings. The Hall–Kier alpha value is -1.62. The number of carbonyl (C=O) groups is 1. The van der Waals surface area contributed by atoms with Crippen LogP contribution in [0.25, 0.3) is 0 Å². The molecule has 0 aliphatic carbocycles. The summed E-state index contributed by atoms with van der Waals surface area (Å²) in [6.45, 7) is 3.90. The molecule has 0 saturated carbocycles. The minimum absolute atomic E-state index is 0.0119. The Kier molecular flexibility index (Phi) is 5.09. The normalized spacial score (nSPS) is 11.9. The number of nitro groups is 1. The van der Waals surface area contributed by atoms with E-state index in [-0.39, 0.29) is 28.2 Å². The second-order valence-electron chi connectivity index (χ2n) is 4.08. The molecule has 1 aromatic carbocycles. The summed E-state index contributed by atoms with van der Waals surface area (Å²) in [5.74, 6) is -0.385. The fourth-order valence-electron chi connectivity index (χ4n) is 1.61. The highest BCUT2D eigenvalue weighted by molar-refractivity contribution is 6.33. The Morgan fingerprint density at radius 3 is 2.78 bits per heavy atom. The molecule has 0 spiro atoms. The maximum absolute atomic E-state index is 11.9. The monoisotopic (exact) mass is 270 g/mol. The lowest BCUT2D eigenvalue weighted by Crippen LogP contribution is -2.32. The van der Waals surface area contributed by atoms with Gasteiger partial charge >= 0.3 is 0 Å². The topological polar surface area (TPSA) is 72.2 Å². The zero-order chi connectivity index (χ0) is 13.7. The van der Waals surface area contributed by atoms with Crippen molar-refractivity contribution in [3.63, 3.8) is 0 Å². The molecule has 1 N–H and O–H groups in total. The van der Waals surface area contributed by atoms with E-state index in [0.29, 0.717) is 0 Å². The standard InChI is InChI=1S/C12H15ClN2O3/c1-3-4-8(2)14-12(16)10-7-9(15(17)18)5-6-11(10)13/h5-8H,3-4H2,1-2H3,(H,14,16)/t8-/m1/s1. The summed E-state index contributed by atoms with van der Waals surface area (Å²) in [5.41, 5.74) is -0.0125. The Bertz CT molecular complexity index is 463. The molecule has 1 amide bonds. The van der Waals surface area contributed by atoms with Gasteiger partial charge in [-0.1, -0.05) is 24.9 Å². The number of nitro benzene ring substituents is 1. The summed E-state index contributed by atoms with van der Waals surface area (Å²) in [6.07, 6.45) is 1.79. The molecule has 98 valence electrons. The van der Waals surface area contributed by atoms with Gasteiger partial charge in [-0.05, 0) is 19.4 Å². The molecule has 0 aliphatic heterocycles. The molecular weight excluding hydrogens is 256 g/mol. The summed E-state index contributed by atoms with van der Waals surface area (Å²) < 4.78 is 0. The van der Waals surface area contributed by atoms with E-state index >= 15 is 0 Å². The van der Waals surface area contributed by atoms with Gasteiger partial charge in [-0.3, -0.25) is 14.9 Å². The first-order valence-corrected chi connectivity index (χ1v) is 6.08. The number of nitrogens with one attached hydrogen (secondary N) is 1. The molecule has 18 heavy (non-hydrogen) atoms. The second-order valence-corrected chi connectivity index (χ2v) is 4.49. The molecular formula is C12H15ClN2O3. The van der Waals surface area contributed by atoms with E-state index in [2.05, 4.69) is 5.32 Å². The smallest absolute Gasteiger partial charge is 0.270 e. The molecule has 1 rings (SSSR count). The number of hydrogen-bond acceptors (Lipinski definition) is 3. The molecule has 0 unspecified atom stereocenters. The van der Waals surface area contributed by atoms with Crippen LogP contribution in [0.1, 0.15) is 37.0 Å². The van der Waals surface area contributed by atoms with Crippen molar-refractivity contribution in [2.75, 3.05) is 0 Å². The van der Waals surface area contributed by atoms with Crippen molar-refractivity contribution < 1.29 is 9.72 Å². The van der Waals surface area contributed by atoms with E-state index < -0.39 is 4.92 Å². The largest absolute Gasteiger partial charge is 0.350 e. The predicted molar refractivity (Wildman–Crippen MR) is 69.9 cm³/mol. The van der Waals surface area contributed by atoms with Crippen LogP contribution in [0.4, 0.5) is 5.69 Å². The summed E-state index contributed by atoms with van der Waals surface area (Å²) >= 11 is 5.87. The van der Waals surface area contributed by atoms with Crippen LogP contribution in [0.15, 0.2) is 18.2 Å². The van der Waals surface area contributed by atoms with Crippen LogP contribution < -0.4 is 5.32 Å². The highest BCUT2D eigenvalue weighted by atomic mass is 35.5. The predicted octanol–water partition coefficient (Wildman–Crippen LogP) is 3.17. The number of carbonyl (C=O) groups excluding carboxylic acids is 1. The molecule has 6 heteroatoms. The first-order chi connectivity index (χ1) is 8.45. The Balaban J connectivity index is 2.91. The molecule has 1 aromatic rings. The van der Waals surface area contributed by atoms with Gasteiger partial charge in [-0.25, -0.2) is 0 Å². The van der Waals surface area contributed by atoms with Crippen LogP contribution in [0, 0.1) is 10.1 Å². The highest BCUT2D eigenvalue weighted by Crippen LogP contribution is 2.22. The molecule has 0 bridgehead atoms. The second kappa shape index (κ2) is 6.35. The highest BCUT2D eigenvalue weighted by Gasteiger charge is 2.16. The van der Waals surface area contributed by atoms with Gasteiger partial charge in [-0.15, -0.1) is 0 Å². The summed E-state index contributed by atoms with van der Waals surface area (Å²) in [6, 6.07) is 3.84. The quantitative estimate of drug-likeness (QED) is 0.660. The zero-order valence-electron chi connectivity index (χ0n) is 10.3. The Morgan fingerprint density at radius 1 is 1.56 bits per heavy atom. The van der Waals surface area contributed by atoms with E-state index in [1.807, 2.05) is 13.8 Å². The fourth-order valence-corrected chi connectivity index (χ4v) is 1.81. The number of hydrogen-bond donors (Lipinski definition) is 1. The van der Waals surface area contributed by atoms with Crippen LogP contribution >= 0.6 is 11.6 Å². The molecule has 0 fully saturated rings. The lowest BCUT2D eigenvalue weighted by Gasteiger charge is -2.13. The van der Waals surface area contributed by atoms with Gasteiger partial charge in [0.15, 0.2) is 0 Å². The van der Waals surface area contributed by atoms with Gasteiger partial charge in [0.05, 0.1) is 15.5 Å². The minimum atomic E-state index is -0.553. The average Bonchev–Trinajstić information content (AvgIpc) is 2.29. The molecule has 0 aromatic heterocycles. The average molecular weight is 271 g/mol. The van der Waals surface area contributed by atoms with Crippen molar-refractivity contribution in [3.8, 4) is 0 Å². The van der Waals surface area contributed by atoms with E-state index in [0.717, 1.165) is 12.8 Å². The molecule has 0 heterocycles. The third-order valence-electron chi connectivity index (χ3n) is 2.50. The molecule has 0 saturated heterocycles. The maximum Gasteiger partial charge on any atom is 0.270 e. The number of non-ortho nitro benzene ring substituents is 1. The van der Waals surface area contributed by atoms with Gasteiger partial charge in [0, 0.05) is 18.2 Å². The van der Waals surface area contributed by atoms with Crippen LogP contribution in [0.2, 0.25) is 5.02 Å². The number of benzene rings is 1. The van der Waals surface area contributed by atoms with Crippen molar-refractivity contribution in [1.82, 2.24) is 5.32 Å². The first kappa shape index (κ1) is 14.4. The molecule has 0 radical (unpaired) electrons. The SMILES string of the molecule is CCC[C@@H](C)NC(=O)c1cc([N+](=O)[O-])ccc1Cl. The first-order valence-electron chi connectivity index (χ1n) is 5.70. The molecule has 1 atom stereocenters. The van der Waals surface area contributed by atoms with Gasteiger partial charge in [0.2, 0.25) is 0 Å². The van der Waals surface area contributed by atoms with Gasteiger partial charge in [-0.2, -0.15) is 0 Å². The summed E-state index contributed by atoms with van der Waals surface area (Å²) in [4.78, 5) is 22.0. The van der Waals surface area contributed by atoms with Gasteiger partial charge in [0.25, 0.3) is 11.6 Å². The van der Waals surface area contributed by atoms with Crippen molar-refractivity contribution in [3.05, 3.63) is 38.9 Å². The van der Waals surface area contributed by atoms with E-state index in [4.69, 9.17) is 11.6 Å². The van der Waals surface area contributed by atoms with Crippen LogP contribution in [-0.2, 0) is 0 Å². The van der Waals surface area contributed by atoms with Crippen LogP contribution in [-0.4, -0.2) is 16.9 Å². The van der Waals surface area contributed by atoms with E-state index in [1.165, 1.54) is 18.2 Å².